The Hall–Kier alpha value is -1.20. The Morgan fingerprint density at radius 3 is 2.63 bits per heavy atom. The molecule has 2 rings (SSSR count). The number of benzene rings is 1. The molecule has 1 atom stereocenters. The third-order valence-corrected chi connectivity index (χ3v) is 3.44. The molecule has 0 bridgehead atoms. The number of rotatable bonds is 5. The molecule has 0 aliphatic carbocycles. The number of halogens is 3. The first kappa shape index (κ1) is 14.2. The molecule has 0 aliphatic heterocycles. The zero-order valence-electron chi connectivity index (χ0n) is 10.4. The highest BCUT2D eigenvalue weighted by atomic mass is 79.9. The maximum Gasteiger partial charge on any atom is 0.159 e. The third kappa shape index (κ3) is 3.22. The van der Waals surface area contributed by atoms with Crippen LogP contribution < -0.4 is 5.32 Å². The van der Waals surface area contributed by atoms with Crippen molar-refractivity contribution in [2.45, 2.75) is 19.4 Å². The van der Waals surface area contributed by atoms with E-state index in [0.29, 0.717) is 11.3 Å². The van der Waals surface area contributed by atoms with Gasteiger partial charge in [-0.15, -0.1) is 0 Å². The van der Waals surface area contributed by atoms with Gasteiger partial charge in [-0.05, 0) is 52.7 Å². The number of nitrogens with one attached hydrogen (secondary N) is 1. The first-order chi connectivity index (χ1) is 9.13. The Morgan fingerprint density at radius 1 is 1.26 bits per heavy atom. The van der Waals surface area contributed by atoms with Crippen molar-refractivity contribution >= 4 is 15.9 Å². The lowest BCUT2D eigenvalue weighted by molar-refractivity contribution is 0.441. The summed E-state index contributed by atoms with van der Waals surface area (Å²) in [5, 5.41) is 3.26. The van der Waals surface area contributed by atoms with Crippen LogP contribution in [0.1, 0.15) is 30.7 Å². The minimum Gasteiger partial charge on any atom is -0.466 e. The van der Waals surface area contributed by atoms with Crippen molar-refractivity contribution in [3.05, 3.63) is 58.0 Å². The Morgan fingerprint density at radius 2 is 2.05 bits per heavy atom. The lowest BCUT2D eigenvalue weighted by Gasteiger charge is -2.17. The molecule has 2 nitrogen and oxygen atoms in total. The van der Waals surface area contributed by atoms with Crippen molar-refractivity contribution in [1.29, 1.82) is 0 Å². The van der Waals surface area contributed by atoms with Gasteiger partial charge in [-0.2, -0.15) is 0 Å². The fourth-order valence-corrected chi connectivity index (χ4v) is 2.28. The standard InChI is InChI=1S/C14H14BrF2NO/c1-2-6-18-13(14-10(15)5-7-19-14)9-3-4-11(16)12(17)8-9/h3-5,7-8,13,18H,2,6H2,1H3. The summed E-state index contributed by atoms with van der Waals surface area (Å²) in [6.07, 6.45) is 2.48. The minimum atomic E-state index is -0.858. The second-order valence-corrected chi connectivity index (χ2v) is 5.05. The molecule has 1 unspecified atom stereocenters. The molecule has 0 fully saturated rings. The van der Waals surface area contributed by atoms with Crippen LogP contribution in [-0.2, 0) is 0 Å². The van der Waals surface area contributed by atoms with E-state index in [1.54, 1.807) is 18.4 Å². The van der Waals surface area contributed by atoms with Crippen LogP contribution in [0.3, 0.4) is 0 Å². The highest BCUT2D eigenvalue weighted by Gasteiger charge is 2.20. The van der Waals surface area contributed by atoms with E-state index in [4.69, 9.17) is 4.42 Å². The molecular weight excluding hydrogens is 316 g/mol. The summed E-state index contributed by atoms with van der Waals surface area (Å²) < 4.78 is 32.6. The van der Waals surface area contributed by atoms with Gasteiger partial charge in [0.15, 0.2) is 11.6 Å². The molecular formula is C14H14BrF2NO. The van der Waals surface area contributed by atoms with E-state index in [9.17, 15) is 8.78 Å². The molecule has 1 heterocycles. The van der Waals surface area contributed by atoms with Gasteiger partial charge in [-0.25, -0.2) is 8.78 Å². The Labute approximate surface area is 118 Å². The molecule has 1 aromatic heterocycles. The molecule has 0 aliphatic rings. The van der Waals surface area contributed by atoms with Gasteiger partial charge in [0.1, 0.15) is 5.76 Å². The van der Waals surface area contributed by atoms with Crippen molar-refractivity contribution < 1.29 is 13.2 Å². The molecule has 1 N–H and O–H groups in total. The first-order valence-electron chi connectivity index (χ1n) is 6.04. The highest BCUT2D eigenvalue weighted by molar-refractivity contribution is 9.10. The molecule has 102 valence electrons. The lowest BCUT2D eigenvalue weighted by Crippen LogP contribution is -2.23. The molecule has 2 aromatic rings. The van der Waals surface area contributed by atoms with E-state index < -0.39 is 11.6 Å². The smallest absolute Gasteiger partial charge is 0.159 e. The average molecular weight is 330 g/mol. The van der Waals surface area contributed by atoms with E-state index in [2.05, 4.69) is 21.2 Å². The van der Waals surface area contributed by atoms with Crippen molar-refractivity contribution in [2.75, 3.05) is 6.54 Å². The van der Waals surface area contributed by atoms with E-state index in [0.717, 1.165) is 23.5 Å². The predicted molar refractivity (Wildman–Crippen MR) is 72.9 cm³/mol. The van der Waals surface area contributed by atoms with Crippen LogP contribution in [0.2, 0.25) is 0 Å². The van der Waals surface area contributed by atoms with Crippen LogP contribution in [0.25, 0.3) is 0 Å². The van der Waals surface area contributed by atoms with Crippen molar-refractivity contribution in [2.24, 2.45) is 0 Å². The molecule has 19 heavy (non-hydrogen) atoms. The summed E-state index contributed by atoms with van der Waals surface area (Å²) in [6, 6.07) is 5.34. The lowest BCUT2D eigenvalue weighted by atomic mass is 10.0. The summed E-state index contributed by atoms with van der Waals surface area (Å²) in [4.78, 5) is 0. The summed E-state index contributed by atoms with van der Waals surface area (Å²) in [6.45, 7) is 2.78. The minimum absolute atomic E-state index is 0.306. The van der Waals surface area contributed by atoms with E-state index in [-0.39, 0.29) is 6.04 Å². The number of hydrogen-bond donors (Lipinski definition) is 1. The topological polar surface area (TPSA) is 25.2 Å². The van der Waals surface area contributed by atoms with Crippen LogP contribution in [0, 0.1) is 11.6 Å². The van der Waals surface area contributed by atoms with Crippen LogP contribution in [0.4, 0.5) is 8.78 Å². The Balaban J connectivity index is 2.37. The van der Waals surface area contributed by atoms with Crippen molar-refractivity contribution in [3.8, 4) is 0 Å². The van der Waals surface area contributed by atoms with Gasteiger partial charge in [0.2, 0.25) is 0 Å². The van der Waals surface area contributed by atoms with Crippen LogP contribution >= 0.6 is 15.9 Å². The molecule has 0 saturated heterocycles. The summed E-state index contributed by atoms with van der Waals surface area (Å²) >= 11 is 3.39. The normalized spacial score (nSPS) is 12.6. The molecule has 0 spiro atoms. The van der Waals surface area contributed by atoms with Gasteiger partial charge in [-0.1, -0.05) is 13.0 Å². The third-order valence-electron chi connectivity index (χ3n) is 2.78. The predicted octanol–water partition coefficient (Wildman–Crippen LogP) is 4.41. The maximum atomic E-state index is 13.4. The van der Waals surface area contributed by atoms with Gasteiger partial charge in [0, 0.05) is 0 Å². The van der Waals surface area contributed by atoms with Gasteiger partial charge in [-0.3, -0.25) is 0 Å². The second kappa shape index (κ2) is 6.30. The average Bonchev–Trinajstić information content (AvgIpc) is 2.80. The summed E-state index contributed by atoms with van der Waals surface area (Å²) in [5.74, 6) is -1.06. The first-order valence-corrected chi connectivity index (χ1v) is 6.84. The van der Waals surface area contributed by atoms with Gasteiger partial charge in [0.25, 0.3) is 0 Å². The summed E-state index contributed by atoms with van der Waals surface area (Å²) in [7, 11) is 0. The maximum absolute atomic E-state index is 13.4. The number of hydrogen-bond acceptors (Lipinski definition) is 2. The van der Waals surface area contributed by atoms with Crippen LogP contribution in [0.5, 0.6) is 0 Å². The number of furan rings is 1. The van der Waals surface area contributed by atoms with Crippen LogP contribution in [0.15, 0.2) is 39.4 Å². The van der Waals surface area contributed by atoms with Crippen molar-refractivity contribution in [3.63, 3.8) is 0 Å². The molecule has 0 radical (unpaired) electrons. The fourth-order valence-electron chi connectivity index (χ4n) is 1.85. The second-order valence-electron chi connectivity index (χ2n) is 4.19. The van der Waals surface area contributed by atoms with Gasteiger partial charge >= 0.3 is 0 Å². The Bertz CT molecular complexity index is 556. The van der Waals surface area contributed by atoms with Crippen molar-refractivity contribution in [1.82, 2.24) is 5.32 Å². The van der Waals surface area contributed by atoms with E-state index in [1.807, 2.05) is 6.92 Å². The summed E-state index contributed by atoms with van der Waals surface area (Å²) in [5.41, 5.74) is 0.628. The fraction of sp³-hybridized carbons (Fsp3) is 0.286. The Kier molecular flexibility index (Phi) is 4.71. The zero-order chi connectivity index (χ0) is 13.8. The zero-order valence-corrected chi connectivity index (χ0v) is 12.0. The molecule has 5 heteroatoms. The van der Waals surface area contributed by atoms with E-state index >= 15 is 0 Å². The molecule has 0 saturated carbocycles. The highest BCUT2D eigenvalue weighted by Crippen LogP contribution is 2.30. The molecule has 0 amide bonds. The van der Waals surface area contributed by atoms with Gasteiger partial charge in [0.05, 0.1) is 16.8 Å². The largest absolute Gasteiger partial charge is 0.466 e. The quantitative estimate of drug-likeness (QED) is 0.878. The SMILES string of the molecule is CCCNC(c1ccc(F)c(F)c1)c1occc1Br. The van der Waals surface area contributed by atoms with E-state index in [1.165, 1.54) is 6.07 Å². The van der Waals surface area contributed by atoms with Gasteiger partial charge < -0.3 is 9.73 Å². The molecule has 1 aromatic carbocycles. The van der Waals surface area contributed by atoms with Crippen LogP contribution in [-0.4, -0.2) is 6.54 Å². The monoisotopic (exact) mass is 329 g/mol.